The minimum absolute atomic E-state index is 0.600. The van der Waals surface area contributed by atoms with Crippen molar-refractivity contribution in [2.24, 2.45) is 0 Å². The molecule has 4 rings (SSSR count). The number of nitrogen functional groups attached to an aromatic ring is 1. The van der Waals surface area contributed by atoms with Gasteiger partial charge in [-0.05, 0) is 12.1 Å². The van der Waals surface area contributed by atoms with E-state index >= 15 is 0 Å². The number of anilines is 1. The van der Waals surface area contributed by atoms with Gasteiger partial charge in [0.2, 0.25) is 0 Å². The highest BCUT2D eigenvalue weighted by molar-refractivity contribution is 7.98. The standard InChI is InChI=1S/C15H12N4S/c16-14-11-7-20-8-12(11)18-15(19-14)10-5-1-3-9-4-2-6-17-13(9)10/h1-6H,7-8H2,(H2,16,18,19). The second-order valence-corrected chi connectivity index (χ2v) is 5.72. The summed E-state index contributed by atoms with van der Waals surface area (Å²) in [6, 6.07) is 10.0. The van der Waals surface area contributed by atoms with E-state index in [1.54, 1.807) is 6.20 Å². The fourth-order valence-electron chi connectivity index (χ4n) is 2.48. The van der Waals surface area contributed by atoms with Crippen LogP contribution in [0.5, 0.6) is 0 Å². The van der Waals surface area contributed by atoms with E-state index in [1.807, 2.05) is 42.1 Å². The molecule has 0 bridgehead atoms. The number of rotatable bonds is 1. The van der Waals surface area contributed by atoms with Crippen molar-refractivity contribution in [3.8, 4) is 11.4 Å². The molecule has 0 amide bonds. The van der Waals surface area contributed by atoms with Crippen molar-refractivity contribution in [1.29, 1.82) is 0 Å². The Morgan fingerprint density at radius 2 is 1.95 bits per heavy atom. The van der Waals surface area contributed by atoms with Crippen molar-refractivity contribution >= 4 is 28.5 Å². The average Bonchev–Trinajstić information content (AvgIpc) is 2.95. The topological polar surface area (TPSA) is 64.7 Å². The SMILES string of the molecule is Nc1nc(-c2cccc3cccnc23)nc2c1CSC2. The number of hydrogen-bond acceptors (Lipinski definition) is 5. The van der Waals surface area contributed by atoms with Crippen LogP contribution in [-0.4, -0.2) is 15.0 Å². The molecule has 0 saturated carbocycles. The monoisotopic (exact) mass is 280 g/mol. The van der Waals surface area contributed by atoms with Gasteiger partial charge in [0.15, 0.2) is 5.82 Å². The third kappa shape index (κ3) is 1.74. The van der Waals surface area contributed by atoms with E-state index in [0.29, 0.717) is 11.6 Å². The lowest BCUT2D eigenvalue weighted by Crippen LogP contribution is -2.03. The molecule has 0 fully saturated rings. The molecule has 1 aromatic carbocycles. The van der Waals surface area contributed by atoms with Crippen LogP contribution in [0.25, 0.3) is 22.3 Å². The minimum Gasteiger partial charge on any atom is -0.383 e. The van der Waals surface area contributed by atoms with Crippen molar-refractivity contribution in [1.82, 2.24) is 15.0 Å². The van der Waals surface area contributed by atoms with Crippen LogP contribution < -0.4 is 5.73 Å². The van der Waals surface area contributed by atoms with E-state index in [2.05, 4.69) is 15.0 Å². The number of fused-ring (bicyclic) bond motifs is 2. The van der Waals surface area contributed by atoms with Crippen LogP contribution in [0.15, 0.2) is 36.5 Å². The molecule has 2 aromatic heterocycles. The molecule has 4 nitrogen and oxygen atoms in total. The zero-order valence-corrected chi connectivity index (χ0v) is 11.5. The first kappa shape index (κ1) is 11.7. The molecular formula is C15H12N4S. The van der Waals surface area contributed by atoms with Crippen molar-refractivity contribution in [3.05, 3.63) is 47.8 Å². The first-order valence-electron chi connectivity index (χ1n) is 6.40. The van der Waals surface area contributed by atoms with Crippen LogP contribution in [0.4, 0.5) is 5.82 Å². The molecule has 3 heterocycles. The van der Waals surface area contributed by atoms with Crippen molar-refractivity contribution in [2.75, 3.05) is 5.73 Å². The van der Waals surface area contributed by atoms with Crippen LogP contribution in [0.2, 0.25) is 0 Å². The number of nitrogens with two attached hydrogens (primary N) is 1. The quantitative estimate of drug-likeness (QED) is 0.742. The average molecular weight is 280 g/mol. The first-order valence-corrected chi connectivity index (χ1v) is 7.55. The molecule has 0 aliphatic carbocycles. The van der Waals surface area contributed by atoms with Crippen LogP contribution in [0.3, 0.4) is 0 Å². The number of aromatic nitrogens is 3. The van der Waals surface area contributed by atoms with E-state index in [-0.39, 0.29) is 0 Å². The number of thioether (sulfide) groups is 1. The number of nitrogens with zero attached hydrogens (tertiary/aromatic N) is 3. The zero-order chi connectivity index (χ0) is 13.5. The summed E-state index contributed by atoms with van der Waals surface area (Å²) in [5.41, 5.74) is 10.1. The van der Waals surface area contributed by atoms with Gasteiger partial charge >= 0.3 is 0 Å². The molecule has 0 unspecified atom stereocenters. The largest absolute Gasteiger partial charge is 0.383 e. The Morgan fingerprint density at radius 1 is 1.05 bits per heavy atom. The van der Waals surface area contributed by atoms with Gasteiger partial charge in [0.05, 0.1) is 11.2 Å². The lowest BCUT2D eigenvalue weighted by Gasteiger charge is -2.08. The lowest BCUT2D eigenvalue weighted by atomic mass is 10.1. The van der Waals surface area contributed by atoms with E-state index in [9.17, 15) is 0 Å². The Balaban J connectivity index is 1.98. The summed E-state index contributed by atoms with van der Waals surface area (Å²) in [5, 5.41) is 1.09. The molecule has 0 radical (unpaired) electrons. The highest BCUT2D eigenvalue weighted by Gasteiger charge is 2.19. The highest BCUT2D eigenvalue weighted by Crippen LogP contribution is 2.34. The van der Waals surface area contributed by atoms with Gasteiger partial charge < -0.3 is 5.73 Å². The number of pyridine rings is 1. The fourth-order valence-corrected chi connectivity index (χ4v) is 3.53. The fraction of sp³-hybridized carbons (Fsp3) is 0.133. The molecule has 5 heteroatoms. The van der Waals surface area contributed by atoms with Gasteiger partial charge in [0, 0.05) is 34.2 Å². The van der Waals surface area contributed by atoms with E-state index in [1.165, 1.54) is 0 Å². The number of hydrogen-bond donors (Lipinski definition) is 1. The smallest absolute Gasteiger partial charge is 0.164 e. The van der Waals surface area contributed by atoms with E-state index in [4.69, 9.17) is 5.73 Å². The molecule has 98 valence electrons. The van der Waals surface area contributed by atoms with Crippen molar-refractivity contribution < 1.29 is 0 Å². The van der Waals surface area contributed by atoms with Crippen LogP contribution in [-0.2, 0) is 11.5 Å². The molecule has 20 heavy (non-hydrogen) atoms. The third-order valence-corrected chi connectivity index (χ3v) is 4.45. The third-order valence-electron chi connectivity index (χ3n) is 3.48. The molecule has 0 spiro atoms. The van der Waals surface area contributed by atoms with Gasteiger partial charge in [-0.15, -0.1) is 0 Å². The first-order chi connectivity index (χ1) is 9.83. The highest BCUT2D eigenvalue weighted by atomic mass is 32.2. The van der Waals surface area contributed by atoms with Crippen molar-refractivity contribution in [3.63, 3.8) is 0 Å². The molecule has 3 aromatic rings. The number of benzene rings is 1. The van der Waals surface area contributed by atoms with E-state index < -0.39 is 0 Å². The van der Waals surface area contributed by atoms with Gasteiger partial charge in [-0.25, -0.2) is 9.97 Å². The molecule has 1 aliphatic rings. The minimum atomic E-state index is 0.600. The molecule has 0 atom stereocenters. The summed E-state index contributed by atoms with van der Waals surface area (Å²) >= 11 is 1.83. The molecule has 0 saturated heterocycles. The van der Waals surface area contributed by atoms with Crippen LogP contribution >= 0.6 is 11.8 Å². The summed E-state index contributed by atoms with van der Waals surface area (Å²) in [5.74, 6) is 3.10. The van der Waals surface area contributed by atoms with Crippen LogP contribution in [0, 0.1) is 0 Å². The summed E-state index contributed by atoms with van der Waals surface area (Å²) in [4.78, 5) is 13.6. The summed E-state index contributed by atoms with van der Waals surface area (Å²) in [7, 11) is 0. The Morgan fingerprint density at radius 3 is 2.90 bits per heavy atom. The summed E-state index contributed by atoms with van der Waals surface area (Å²) in [6.07, 6.45) is 1.79. The van der Waals surface area contributed by atoms with Gasteiger partial charge in [0.25, 0.3) is 0 Å². The van der Waals surface area contributed by atoms with Gasteiger partial charge in [0.1, 0.15) is 5.82 Å². The molecular weight excluding hydrogens is 268 g/mol. The summed E-state index contributed by atoms with van der Waals surface area (Å²) in [6.45, 7) is 0. The predicted octanol–water partition coefficient (Wildman–Crippen LogP) is 3.02. The Hall–Kier alpha value is -2.14. The lowest BCUT2D eigenvalue weighted by molar-refractivity contribution is 1.08. The summed E-state index contributed by atoms with van der Waals surface area (Å²) < 4.78 is 0. The van der Waals surface area contributed by atoms with Gasteiger partial charge in [-0.2, -0.15) is 11.8 Å². The maximum absolute atomic E-state index is 6.07. The van der Waals surface area contributed by atoms with E-state index in [0.717, 1.165) is 39.2 Å². The Labute approximate surface area is 120 Å². The maximum Gasteiger partial charge on any atom is 0.164 e. The van der Waals surface area contributed by atoms with Gasteiger partial charge in [-0.3, -0.25) is 4.98 Å². The molecule has 2 N–H and O–H groups in total. The second kappa shape index (κ2) is 4.45. The normalized spacial score (nSPS) is 13.6. The predicted molar refractivity (Wildman–Crippen MR) is 82.2 cm³/mol. The van der Waals surface area contributed by atoms with Crippen LogP contribution in [0.1, 0.15) is 11.3 Å². The van der Waals surface area contributed by atoms with Crippen molar-refractivity contribution in [2.45, 2.75) is 11.5 Å². The zero-order valence-electron chi connectivity index (χ0n) is 10.7. The molecule has 1 aliphatic heterocycles. The number of para-hydroxylation sites is 1. The Kier molecular flexibility index (Phi) is 2.60. The second-order valence-electron chi connectivity index (χ2n) is 4.73. The maximum atomic E-state index is 6.07. The Bertz CT molecular complexity index is 811. The van der Waals surface area contributed by atoms with Gasteiger partial charge in [-0.1, -0.05) is 18.2 Å².